The summed E-state index contributed by atoms with van der Waals surface area (Å²) in [6, 6.07) is 5.41. The van der Waals surface area contributed by atoms with Crippen molar-refractivity contribution >= 4 is 6.08 Å². The van der Waals surface area contributed by atoms with Crippen molar-refractivity contribution in [1.29, 1.82) is 0 Å². The highest BCUT2D eigenvalue weighted by molar-refractivity contribution is 5.52. The Bertz CT molecular complexity index is 808. The Kier molecular flexibility index (Phi) is 7.93. The second-order valence-electron chi connectivity index (χ2n) is 8.72. The quantitative estimate of drug-likeness (QED) is 0.430. The molecule has 0 amide bonds. The van der Waals surface area contributed by atoms with Gasteiger partial charge in [0.1, 0.15) is 5.82 Å². The van der Waals surface area contributed by atoms with Crippen molar-refractivity contribution in [3.8, 4) is 11.8 Å². The zero-order chi connectivity index (χ0) is 20.5. The largest absolute Gasteiger partial charge is 0.206 e. The van der Waals surface area contributed by atoms with Crippen LogP contribution in [0.1, 0.15) is 82.8 Å². The maximum absolute atomic E-state index is 14.6. The number of rotatable bonds is 6. The fourth-order valence-corrected chi connectivity index (χ4v) is 4.82. The van der Waals surface area contributed by atoms with Crippen LogP contribution in [0.3, 0.4) is 0 Å². The number of hydrogen-bond acceptors (Lipinski definition) is 0. The van der Waals surface area contributed by atoms with E-state index in [1.54, 1.807) is 6.07 Å². The van der Waals surface area contributed by atoms with E-state index in [1.807, 2.05) is 18.2 Å². The van der Waals surface area contributed by atoms with Crippen LogP contribution in [0.2, 0.25) is 0 Å². The minimum Gasteiger partial charge on any atom is -0.206 e. The molecule has 0 aliphatic heterocycles. The van der Waals surface area contributed by atoms with E-state index in [2.05, 4.69) is 56.1 Å². The highest BCUT2D eigenvalue weighted by atomic mass is 19.1. The van der Waals surface area contributed by atoms with Crippen molar-refractivity contribution < 1.29 is 4.39 Å². The Morgan fingerprint density at radius 2 is 1.93 bits per heavy atom. The number of hydrogen-bond donors (Lipinski definition) is 0. The highest BCUT2D eigenvalue weighted by Crippen LogP contribution is 2.45. The topological polar surface area (TPSA) is 0 Å². The lowest BCUT2D eigenvalue weighted by Gasteiger charge is -2.39. The minimum absolute atomic E-state index is 0.141. The van der Waals surface area contributed by atoms with Gasteiger partial charge in [-0.2, -0.15) is 0 Å². The first-order valence-corrected chi connectivity index (χ1v) is 11.5. The molecule has 1 aromatic rings. The van der Waals surface area contributed by atoms with Gasteiger partial charge in [0.25, 0.3) is 0 Å². The molecule has 1 unspecified atom stereocenters. The molecule has 2 aliphatic rings. The van der Waals surface area contributed by atoms with Crippen molar-refractivity contribution in [3.63, 3.8) is 0 Å². The molecule has 1 aromatic carbocycles. The maximum atomic E-state index is 14.6. The summed E-state index contributed by atoms with van der Waals surface area (Å²) in [5.41, 5.74) is 1.28. The molecule has 29 heavy (non-hydrogen) atoms. The number of benzene rings is 1. The lowest BCUT2D eigenvalue weighted by Crippen LogP contribution is -2.31. The van der Waals surface area contributed by atoms with Gasteiger partial charge < -0.3 is 0 Å². The first kappa shape index (κ1) is 21.6. The molecular weight excluding hydrogens is 355 g/mol. The summed E-state index contributed by atoms with van der Waals surface area (Å²) in [6.45, 7) is 4.43. The normalized spacial score (nSPS) is 26.4. The van der Waals surface area contributed by atoms with Crippen LogP contribution in [0.15, 0.2) is 48.6 Å². The number of allylic oxidation sites excluding steroid dienone is 5. The van der Waals surface area contributed by atoms with E-state index < -0.39 is 0 Å². The second kappa shape index (κ2) is 10.6. The van der Waals surface area contributed by atoms with Gasteiger partial charge in [0, 0.05) is 0 Å². The SMILES string of the molecule is CCCC=Cc1ccc(C#CC2(C3CCC(CCC)CC3)C=CC=CC2)c(F)c1. The van der Waals surface area contributed by atoms with E-state index in [0.29, 0.717) is 11.5 Å². The summed E-state index contributed by atoms with van der Waals surface area (Å²) >= 11 is 0. The summed E-state index contributed by atoms with van der Waals surface area (Å²) in [7, 11) is 0. The molecule has 0 spiro atoms. The molecule has 1 heteroatoms. The van der Waals surface area contributed by atoms with E-state index in [4.69, 9.17) is 0 Å². The molecule has 0 bridgehead atoms. The maximum Gasteiger partial charge on any atom is 0.139 e. The lowest BCUT2D eigenvalue weighted by atomic mass is 9.64. The monoisotopic (exact) mass is 390 g/mol. The minimum atomic E-state index is -0.215. The summed E-state index contributed by atoms with van der Waals surface area (Å²) in [4.78, 5) is 0. The highest BCUT2D eigenvalue weighted by Gasteiger charge is 2.37. The van der Waals surface area contributed by atoms with Crippen molar-refractivity contribution in [2.24, 2.45) is 17.3 Å². The zero-order valence-electron chi connectivity index (χ0n) is 18.1. The predicted molar refractivity (Wildman–Crippen MR) is 123 cm³/mol. The first-order valence-electron chi connectivity index (χ1n) is 11.5. The van der Waals surface area contributed by atoms with Crippen LogP contribution in [-0.2, 0) is 0 Å². The predicted octanol–water partition coefficient (Wildman–Crippen LogP) is 8.10. The van der Waals surface area contributed by atoms with Gasteiger partial charge in [-0.1, -0.05) is 100 Å². The summed E-state index contributed by atoms with van der Waals surface area (Å²) in [5, 5.41) is 0. The summed E-state index contributed by atoms with van der Waals surface area (Å²) in [6.07, 6.45) is 23.7. The van der Waals surface area contributed by atoms with Crippen LogP contribution in [0.4, 0.5) is 4.39 Å². The molecule has 0 heterocycles. The smallest absolute Gasteiger partial charge is 0.139 e. The fourth-order valence-electron chi connectivity index (χ4n) is 4.82. The Hall–Kier alpha value is -2.07. The molecule has 154 valence electrons. The molecular formula is C28H35F. The summed E-state index contributed by atoms with van der Waals surface area (Å²) in [5.74, 6) is 7.99. The van der Waals surface area contributed by atoms with Gasteiger partial charge in [-0.3, -0.25) is 0 Å². The molecule has 1 atom stereocenters. The fraction of sp³-hybridized carbons (Fsp3) is 0.500. The van der Waals surface area contributed by atoms with Gasteiger partial charge in [0.2, 0.25) is 0 Å². The molecule has 3 rings (SSSR count). The molecule has 0 saturated heterocycles. The van der Waals surface area contributed by atoms with Crippen molar-refractivity contribution in [1.82, 2.24) is 0 Å². The lowest BCUT2D eigenvalue weighted by molar-refractivity contribution is 0.183. The van der Waals surface area contributed by atoms with Crippen molar-refractivity contribution in [2.45, 2.75) is 71.6 Å². The molecule has 0 radical (unpaired) electrons. The standard InChI is InChI=1S/C28H35F/c1-3-5-7-11-24-12-15-25(27(29)22-24)18-21-28(19-8-6-9-20-28)26-16-13-23(10-4-2)14-17-26/h6-9,11-12,15,19,22-23,26H,3-5,10,13-14,16-17,20H2,1-2H3. The van der Waals surface area contributed by atoms with E-state index in [9.17, 15) is 4.39 Å². The van der Waals surface area contributed by atoms with Gasteiger partial charge in [-0.15, -0.1) is 0 Å². The Balaban J connectivity index is 1.78. The van der Waals surface area contributed by atoms with Crippen molar-refractivity contribution in [3.05, 3.63) is 65.5 Å². The third-order valence-corrected chi connectivity index (χ3v) is 6.56. The van der Waals surface area contributed by atoms with E-state index in [1.165, 1.54) is 38.5 Å². The van der Waals surface area contributed by atoms with Crippen LogP contribution in [-0.4, -0.2) is 0 Å². The Morgan fingerprint density at radius 3 is 2.59 bits per heavy atom. The van der Waals surface area contributed by atoms with Gasteiger partial charge in [-0.25, -0.2) is 4.39 Å². The zero-order valence-corrected chi connectivity index (χ0v) is 18.1. The van der Waals surface area contributed by atoms with Crippen LogP contribution in [0, 0.1) is 34.9 Å². The average molecular weight is 391 g/mol. The van der Waals surface area contributed by atoms with Gasteiger partial charge >= 0.3 is 0 Å². The van der Waals surface area contributed by atoms with Crippen molar-refractivity contribution in [2.75, 3.05) is 0 Å². The molecule has 0 nitrogen and oxygen atoms in total. The first-order chi connectivity index (χ1) is 14.2. The average Bonchev–Trinajstić information content (AvgIpc) is 2.75. The Labute approximate surface area is 177 Å². The van der Waals surface area contributed by atoms with Gasteiger partial charge in [-0.05, 0) is 55.2 Å². The van der Waals surface area contributed by atoms with E-state index in [0.717, 1.165) is 30.7 Å². The van der Waals surface area contributed by atoms with Crippen LogP contribution in [0.5, 0.6) is 0 Å². The number of unbranched alkanes of at least 4 members (excludes halogenated alkanes) is 1. The number of halogens is 1. The molecule has 0 N–H and O–H groups in total. The van der Waals surface area contributed by atoms with Gasteiger partial charge in [0.15, 0.2) is 0 Å². The third-order valence-electron chi connectivity index (χ3n) is 6.56. The second-order valence-corrected chi connectivity index (χ2v) is 8.72. The molecule has 1 saturated carbocycles. The third kappa shape index (κ3) is 5.72. The van der Waals surface area contributed by atoms with Crippen LogP contribution in [0.25, 0.3) is 6.08 Å². The van der Waals surface area contributed by atoms with E-state index >= 15 is 0 Å². The van der Waals surface area contributed by atoms with Gasteiger partial charge in [0.05, 0.1) is 11.0 Å². The van der Waals surface area contributed by atoms with Crippen LogP contribution >= 0.6 is 0 Å². The van der Waals surface area contributed by atoms with Crippen LogP contribution < -0.4 is 0 Å². The van der Waals surface area contributed by atoms with E-state index in [-0.39, 0.29) is 11.2 Å². The molecule has 0 aromatic heterocycles. The molecule has 2 aliphatic carbocycles. The summed E-state index contributed by atoms with van der Waals surface area (Å²) < 4.78 is 14.6. The molecule has 1 fully saturated rings. The Morgan fingerprint density at radius 1 is 1.10 bits per heavy atom.